The van der Waals surface area contributed by atoms with E-state index in [9.17, 15) is 18.0 Å². The first kappa shape index (κ1) is 23.9. The van der Waals surface area contributed by atoms with Crippen molar-refractivity contribution in [2.75, 3.05) is 38.2 Å². The summed E-state index contributed by atoms with van der Waals surface area (Å²) in [5.74, 6) is -0.391. The zero-order valence-corrected chi connectivity index (χ0v) is 20.3. The van der Waals surface area contributed by atoms with Crippen molar-refractivity contribution in [2.45, 2.75) is 56.2 Å². The highest BCUT2D eigenvalue weighted by atomic mass is 35.5. The fourth-order valence-corrected chi connectivity index (χ4v) is 7.58. The quantitative estimate of drug-likeness (QED) is 0.610. The molecule has 0 radical (unpaired) electrons. The predicted molar refractivity (Wildman–Crippen MR) is 122 cm³/mol. The fraction of sp³-hybridized carbons (Fsp3) is 0.750. The molecular formula is C20H29ClN4O5S2. The second-order valence-corrected chi connectivity index (χ2v) is 12.5. The van der Waals surface area contributed by atoms with Gasteiger partial charge in [0.25, 0.3) is 0 Å². The Kier molecular flexibility index (Phi) is 7.71. The van der Waals surface area contributed by atoms with Crippen LogP contribution in [0.4, 0.5) is 5.13 Å². The number of ether oxygens (including phenoxy) is 1. The molecule has 3 aliphatic rings. The summed E-state index contributed by atoms with van der Waals surface area (Å²) >= 11 is 7.08. The Bertz CT molecular complexity index is 928. The van der Waals surface area contributed by atoms with Gasteiger partial charge in [-0.1, -0.05) is 35.8 Å². The summed E-state index contributed by atoms with van der Waals surface area (Å²) in [6.45, 7) is 1.49. The Morgan fingerprint density at radius 1 is 1.25 bits per heavy atom. The topological polar surface area (TPSA) is 109 Å². The average molecular weight is 505 g/mol. The van der Waals surface area contributed by atoms with Crippen LogP contribution in [0.3, 0.4) is 0 Å². The van der Waals surface area contributed by atoms with E-state index in [0.717, 1.165) is 37.0 Å². The number of rotatable bonds is 7. The number of halogens is 1. The van der Waals surface area contributed by atoms with Crippen molar-refractivity contribution in [3.63, 3.8) is 0 Å². The van der Waals surface area contributed by atoms with E-state index in [1.807, 2.05) is 0 Å². The molecule has 32 heavy (non-hydrogen) atoms. The van der Waals surface area contributed by atoms with Gasteiger partial charge in [-0.2, -0.15) is 4.31 Å². The molecule has 9 nitrogen and oxygen atoms in total. The summed E-state index contributed by atoms with van der Waals surface area (Å²) in [4.78, 5) is 31.9. The van der Waals surface area contributed by atoms with Crippen LogP contribution in [0.15, 0.2) is 6.20 Å². The third kappa shape index (κ3) is 5.44. The lowest BCUT2D eigenvalue weighted by Gasteiger charge is -2.39. The van der Waals surface area contributed by atoms with Gasteiger partial charge in [-0.3, -0.25) is 9.59 Å². The SMILES string of the molecule is O=C(Nc1ncc(Cl)s1)C(CC1CCOCC1)N1CCN(S(=O)(=O)C2CCCC2)CC1=O. The van der Waals surface area contributed by atoms with Gasteiger partial charge in [0.2, 0.25) is 21.8 Å². The van der Waals surface area contributed by atoms with Gasteiger partial charge in [0.15, 0.2) is 5.13 Å². The summed E-state index contributed by atoms with van der Waals surface area (Å²) in [6.07, 6.45) is 6.76. The number of nitrogens with zero attached hydrogens (tertiary/aromatic N) is 3. The van der Waals surface area contributed by atoms with E-state index >= 15 is 0 Å². The number of carbonyl (C=O) groups excluding carboxylic acids is 2. The first-order valence-electron chi connectivity index (χ1n) is 11.1. The maximum Gasteiger partial charge on any atom is 0.248 e. The first-order chi connectivity index (χ1) is 15.3. The van der Waals surface area contributed by atoms with Crippen LogP contribution in [0.5, 0.6) is 0 Å². The molecule has 4 rings (SSSR count). The molecule has 3 fully saturated rings. The summed E-state index contributed by atoms with van der Waals surface area (Å²) < 4.78 is 33.1. The number of hydrogen-bond donors (Lipinski definition) is 1. The minimum atomic E-state index is -3.49. The second-order valence-electron chi connectivity index (χ2n) is 8.64. The number of amides is 2. The molecule has 2 saturated heterocycles. The van der Waals surface area contributed by atoms with Crippen LogP contribution in [0.2, 0.25) is 4.34 Å². The standard InChI is InChI=1S/C20H29ClN4O5S2/c21-17-12-22-20(31-17)23-19(27)16(11-14-5-9-30-10-6-14)25-8-7-24(13-18(25)26)32(28,29)15-3-1-2-4-15/h12,14-16H,1-11,13H2,(H,22,23,27). The fourth-order valence-electron chi connectivity index (χ4n) is 4.78. The largest absolute Gasteiger partial charge is 0.381 e. The van der Waals surface area contributed by atoms with Crippen molar-refractivity contribution in [2.24, 2.45) is 5.92 Å². The molecule has 0 spiro atoms. The van der Waals surface area contributed by atoms with Crippen LogP contribution in [-0.2, 0) is 24.3 Å². The number of nitrogens with one attached hydrogen (secondary N) is 1. The molecule has 0 bridgehead atoms. The molecule has 3 heterocycles. The number of anilines is 1. The van der Waals surface area contributed by atoms with Gasteiger partial charge >= 0.3 is 0 Å². The van der Waals surface area contributed by atoms with E-state index in [1.165, 1.54) is 10.5 Å². The van der Waals surface area contributed by atoms with Crippen molar-refractivity contribution in [3.8, 4) is 0 Å². The number of aromatic nitrogens is 1. The maximum atomic E-state index is 13.2. The van der Waals surface area contributed by atoms with E-state index in [2.05, 4.69) is 10.3 Å². The van der Waals surface area contributed by atoms with E-state index in [0.29, 0.717) is 41.9 Å². The lowest BCUT2D eigenvalue weighted by atomic mass is 9.91. The molecule has 1 saturated carbocycles. The molecule has 1 N–H and O–H groups in total. The lowest BCUT2D eigenvalue weighted by Crippen LogP contribution is -2.59. The van der Waals surface area contributed by atoms with Gasteiger partial charge < -0.3 is 15.0 Å². The Morgan fingerprint density at radius 3 is 2.59 bits per heavy atom. The van der Waals surface area contributed by atoms with Gasteiger partial charge in [0.1, 0.15) is 10.4 Å². The van der Waals surface area contributed by atoms with Crippen LogP contribution < -0.4 is 5.32 Å². The van der Waals surface area contributed by atoms with Crippen LogP contribution in [-0.4, -0.2) is 78.6 Å². The lowest BCUT2D eigenvalue weighted by molar-refractivity contribution is -0.142. The highest BCUT2D eigenvalue weighted by Gasteiger charge is 2.41. The monoisotopic (exact) mass is 504 g/mol. The summed E-state index contributed by atoms with van der Waals surface area (Å²) in [5.41, 5.74) is 0. The molecule has 178 valence electrons. The van der Waals surface area contributed by atoms with Gasteiger partial charge in [0.05, 0.1) is 18.0 Å². The molecule has 12 heteroatoms. The summed E-state index contributed by atoms with van der Waals surface area (Å²) in [6, 6.07) is -0.690. The highest BCUT2D eigenvalue weighted by molar-refractivity contribution is 7.89. The van der Waals surface area contributed by atoms with Crippen molar-refractivity contribution in [3.05, 3.63) is 10.5 Å². The molecule has 0 aromatic carbocycles. The normalized spacial score (nSPS) is 22.9. The zero-order chi connectivity index (χ0) is 22.7. The van der Waals surface area contributed by atoms with Crippen molar-refractivity contribution in [1.82, 2.24) is 14.2 Å². The molecule has 1 aromatic rings. The highest BCUT2D eigenvalue weighted by Crippen LogP contribution is 2.30. The van der Waals surface area contributed by atoms with Crippen molar-refractivity contribution < 1.29 is 22.7 Å². The molecule has 2 aliphatic heterocycles. The van der Waals surface area contributed by atoms with Gasteiger partial charge in [-0.25, -0.2) is 13.4 Å². The molecule has 2 amide bonds. The number of piperazine rings is 1. The maximum absolute atomic E-state index is 13.2. The van der Waals surface area contributed by atoms with Crippen molar-refractivity contribution in [1.29, 1.82) is 0 Å². The minimum Gasteiger partial charge on any atom is -0.381 e. The predicted octanol–water partition coefficient (Wildman–Crippen LogP) is 2.34. The smallest absolute Gasteiger partial charge is 0.248 e. The van der Waals surface area contributed by atoms with Gasteiger partial charge in [-0.05, 0) is 38.0 Å². The van der Waals surface area contributed by atoms with E-state index in [1.54, 1.807) is 4.90 Å². The van der Waals surface area contributed by atoms with Crippen LogP contribution >= 0.6 is 22.9 Å². The Balaban J connectivity index is 1.47. The second kappa shape index (κ2) is 10.3. The van der Waals surface area contributed by atoms with Crippen molar-refractivity contribution >= 4 is 49.9 Å². The molecule has 1 unspecified atom stereocenters. The average Bonchev–Trinajstić information content (AvgIpc) is 3.45. The van der Waals surface area contributed by atoms with Crippen LogP contribution in [0.1, 0.15) is 44.9 Å². The Labute approximate surface area is 197 Å². The first-order valence-corrected chi connectivity index (χ1v) is 13.8. The molecular weight excluding hydrogens is 476 g/mol. The van der Waals surface area contributed by atoms with Crippen LogP contribution in [0.25, 0.3) is 0 Å². The third-order valence-corrected chi connectivity index (χ3v) is 9.97. The number of sulfonamides is 1. The summed E-state index contributed by atoms with van der Waals surface area (Å²) in [5, 5.41) is 2.77. The number of thiazole rings is 1. The van der Waals surface area contributed by atoms with Gasteiger partial charge in [-0.15, -0.1) is 0 Å². The zero-order valence-electron chi connectivity index (χ0n) is 17.9. The number of hydrogen-bond acceptors (Lipinski definition) is 7. The Hall–Kier alpha value is -1.27. The molecule has 1 aromatic heterocycles. The third-order valence-electron chi connectivity index (χ3n) is 6.59. The summed E-state index contributed by atoms with van der Waals surface area (Å²) in [7, 11) is -3.49. The minimum absolute atomic E-state index is 0.199. The van der Waals surface area contributed by atoms with E-state index < -0.39 is 21.3 Å². The molecule has 1 atom stereocenters. The van der Waals surface area contributed by atoms with Gasteiger partial charge in [0, 0.05) is 26.3 Å². The molecule has 1 aliphatic carbocycles. The van der Waals surface area contributed by atoms with Crippen LogP contribution in [0, 0.1) is 5.92 Å². The number of carbonyl (C=O) groups is 2. The Morgan fingerprint density at radius 2 is 1.97 bits per heavy atom. The van der Waals surface area contributed by atoms with E-state index in [4.69, 9.17) is 16.3 Å². The van der Waals surface area contributed by atoms with E-state index in [-0.39, 0.29) is 37.4 Å².